The van der Waals surface area contributed by atoms with Gasteiger partial charge in [0.05, 0.1) is 12.2 Å². The molecule has 0 unspecified atom stereocenters. The number of unbranched alkanes of at least 4 members (excludes halogenated alkanes) is 16. The number of nitrogens with zero attached hydrogens (tertiary/aromatic N) is 1. The molecule has 0 atom stereocenters. The lowest BCUT2D eigenvalue weighted by molar-refractivity contribution is -0.156. The number of esters is 2. The van der Waals surface area contributed by atoms with E-state index in [0.717, 1.165) is 44.2 Å². The zero-order valence-corrected chi connectivity index (χ0v) is 26.6. The third kappa shape index (κ3) is 14.6. The van der Waals surface area contributed by atoms with Crippen LogP contribution in [0.1, 0.15) is 142 Å². The lowest BCUT2D eigenvalue weighted by Gasteiger charge is -2.25. The van der Waals surface area contributed by atoms with Crippen molar-refractivity contribution in [3.8, 4) is 0 Å². The minimum Gasteiger partial charge on any atom is -0.464 e. The van der Waals surface area contributed by atoms with E-state index in [0.29, 0.717) is 12.8 Å². The van der Waals surface area contributed by atoms with Crippen LogP contribution in [-0.4, -0.2) is 37.6 Å². The van der Waals surface area contributed by atoms with Gasteiger partial charge in [-0.3, -0.25) is 24.8 Å². The molecule has 7 heteroatoms. The number of hydrazine groups is 1. The maximum Gasteiger partial charge on any atom is 0.305 e. The molecule has 0 radical (unpaired) electrons. The van der Waals surface area contributed by atoms with Gasteiger partial charge in [0.2, 0.25) is 0 Å². The fourth-order valence-electron chi connectivity index (χ4n) is 5.42. The second kappa shape index (κ2) is 22.0. The molecule has 1 N–H and O–H groups in total. The number of benzene rings is 1. The van der Waals surface area contributed by atoms with Crippen molar-refractivity contribution in [1.82, 2.24) is 5.43 Å². The number of ether oxygens (including phenoxy) is 2. The first-order chi connectivity index (χ1) is 20.5. The molecule has 0 aliphatic carbocycles. The molecule has 1 aromatic rings. The van der Waals surface area contributed by atoms with Crippen LogP contribution < -0.4 is 10.4 Å². The topological polar surface area (TPSA) is 84.9 Å². The molecule has 0 saturated carbocycles. The summed E-state index contributed by atoms with van der Waals surface area (Å²) >= 11 is 0. The van der Waals surface area contributed by atoms with E-state index in [4.69, 9.17) is 9.47 Å². The highest BCUT2D eigenvalue weighted by molar-refractivity contribution is 5.89. The summed E-state index contributed by atoms with van der Waals surface area (Å²) in [6, 6.07) is 9.52. The summed E-state index contributed by atoms with van der Waals surface area (Å²) in [4.78, 5) is 38.4. The van der Waals surface area contributed by atoms with Crippen LogP contribution in [0.4, 0.5) is 5.69 Å². The Labute approximate surface area is 255 Å². The highest BCUT2D eigenvalue weighted by Crippen LogP contribution is 2.30. The Morgan fingerprint density at radius 2 is 1.07 bits per heavy atom. The first-order valence-corrected chi connectivity index (χ1v) is 17.0. The predicted molar refractivity (Wildman–Crippen MR) is 170 cm³/mol. The number of rotatable bonds is 25. The molecule has 1 aliphatic rings. The van der Waals surface area contributed by atoms with Crippen LogP contribution in [0, 0.1) is 5.41 Å². The molecule has 1 fully saturated rings. The third-order valence-electron chi connectivity index (χ3n) is 8.23. The molecule has 0 bridgehead atoms. The van der Waals surface area contributed by atoms with Crippen LogP contribution in [0.2, 0.25) is 0 Å². The highest BCUT2D eigenvalue weighted by atomic mass is 16.5. The molecule has 2 rings (SSSR count). The number of nitrogens with one attached hydrogen (secondary N) is 1. The van der Waals surface area contributed by atoms with Crippen molar-refractivity contribution in [2.75, 3.05) is 24.8 Å². The van der Waals surface area contributed by atoms with E-state index in [1.54, 1.807) is 5.01 Å². The van der Waals surface area contributed by atoms with Gasteiger partial charge in [-0.05, 0) is 25.0 Å². The SMILES string of the molecule is CCCCCCCCCCCC(=O)OCC1(COC(=O)CCCCCCCCCCC)CN(c2ccccc2)NC1=O. The second-order valence-electron chi connectivity index (χ2n) is 12.1. The van der Waals surface area contributed by atoms with E-state index in [9.17, 15) is 14.4 Å². The number of carbonyl (C=O) groups is 3. The van der Waals surface area contributed by atoms with Gasteiger partial charge in [0.25, 0.3) is 5.91 Å². The number of anilines is 1. The van der Waals surface area contributed by atoms with E-state index in [2.05, 4.69) is 19.3 Å². The molecule has 1 amide bonds. The van der Waals surface area contributed by atoms with Crippen LogP contribution >= 0.6 is 0 Å². The number of para-hydroxylation sites is 1. The van der Waals surface area contributed by atoms with Crippen molar-refractivity contribution in [2.24, 2.45) is 5.41 Å². The minimum absolute atomic E-state index is 0.107. The predicted octanol–water partition coefficient (Wildman–Crippen LogP) is 8.45. The van der Waals surface area contributed by atoms with Crippen molar-refractivity contribution < 1.29 is 23.9 Å². The quantitative estimate of drug-likeness (QED) is 0.0914. The Balaban J connectivity index is 1.77. The standard InChI is InChI=1S/C35H58N2O5/c1-3-5-7-9-11-13-15-17-22-26-32(38)41-29-35(28-37(36-34(35)40)31-24-20-19-21-25-31)30-42-33(39)27-23-18-16-14-12-10-8-6-4-2/h19-21,24-25H,3-18,22-23,26-30H2,1-2H3,(H,36,40). The van der Waals surface area contributed by atoms with Gasteiger partial charge in [-0.15, -0.1) is 0 Å². The Morgan fingerprint density at radius 1 is 0.667 bits per heavy atom. The number of hydrogen-bond acceptors (Lipinski definition) is 6. The Morgan fingerprint density at radius 3 is 1.50 bits per heavy atom. The lowest BCUT2D eigenvalue weighted by atomic mass is 9.90. The summed E-state index contributed by atoms with van der Waals surface area (Å²) in [7, 11) is 0. The van der Waals surface area contributed by atoms with Crippen molar-refractivity contribution in [1.29, 1.82) is 0 Å². The second-order valence-corrected chi connectivity index (χ2v) is 12.1. The molecule has 1 saturated heterocycles. The zero-order chi connectivity index (χ0) is 30.3. The van der Waals surface area contributed by atoms with E-state index in [-0.39, 0.29) is 37.6 Å². The van der Waals surface area contributed by atoms with Gasteiger partial charge >= 0.3 is 11.9 Å². The summed E-state index contributed by atoms with van der Waals surface area (Å²) in [5.74, 6) is -0.897. The van der Waals surface area contributed by atoms with E-state index in [1.807, 2.05) is 30.3 Å². The van der Waals surface area contributed by atoms with Gasteiger partial charge in [-0.25, -0.2) is 0 Å². The Kier molecular flexibility index (Phi) is 18.7. The fourth-order valence-corrected chi connectivity index (χ4v) is 5.42. The minimum atomic E-state index is -1.14. The summed E-state index contributed by atoms with van der Waals surface area (Å²) in [5, 5.41) is 1.74. The molecule has 238 valence electrons. The monoisotopic (exact) mass is 586 g/mol. The molecule has 1 aromatic carbocycles. The van der Waals surface area contributed by atoms with Crippen LogP contribution in [0.3, 0.4) is 0 Å². The van der Waals surface area contributed by atoms with E-state index >= 15 is 0 Å². The maximum atomic E-state index is 13.2. The Hall–Kier alpha value is -2.57. The van der Waals surface area contributed by atoms with Crippen molar-refractivity contribution >= 4 is 23.5 Å². The first kappa shape index (κ1) is 35.6. The number of carbonyl (C=O) groups excluding carboxylic acids is 3. The molecular formula is C35H58N2O5. The number of hydrogen-bond donors (Lipinski definition) is 1. The summed E-state index contributed by atoms with van der Waals surface area (Å²) in [6.07, 6.45) is 21.8. The van der Waals surface area contributed by atoms with Crippen molar-refractivity contribution in [3.63, 3.8) is 0 Å². The normalized spacial score (nSPS) is 14.1. The summed E-state index contributed by atoms with van der Waals surface area (Å²) in [5.41, 5.74) is 2.58. The molecule has 1 aliphatic heterocycles. The lowest BCUT2D eigenvalue weighted by Crippen LogP contribution is -2.42. The van der Waals surface area contributed by atoms with Crippen LogP contribution in [-0.2, 0) is 23.9 Å². The highest BCUT2D eigenvalue weighted by Gasteiger charge is 2.49. The molecule has 0 spiro atoms. The molecule has 7 nitrogen and oxygen atoms in total. The van der Waals surface area contributed by atoms with Crippen LogP contribution in [0.15, 0.2) is 30.3 Å². The maximum absolute atomic E-state index is 13.2. The zero-order valence-electron chi connectivity index (χ0n) is 26.6. The van der Waals surface area contributed by atoms with Gasteiger partial charge in [-0.2, -0.15) is 0 Å². The van der Waals surface area contributed by atoms with Crippen LogP contribution in [0.25, 0.3) is 0 Å². The van der Waals surface area contributed by atoms with Gasteiger partial charge in [-0.1, -0.05) is 135 Å². The first-order valence-electron chi connectivity index (χ1n) is 17.0. The largest absolute Gasteiger partial charge is 0.464 e. The van der Waals surface area contributed by atoms with Crippen molar-refractivity contribution in [3.05, 3.63) is 30.3 Å². The van der Waals surface area contributed by atoms with Gasteiger partial charge in [0.15, 0.2) is 0 Å². The van der Waals surface area contributed by atoms with Gasteiger partial charge in [0, 0.05) is 12.8 Å². The van der Waals surface area contributed by atoms with Gasteiger partial charge < -0.3 is 9.47 Å². The fraction of sp³-hybridized carbons (Fsp3) is 0.743. The van der Waals surface area contributed by atoms with Crippen LogP contribution in [0.5, 0.6) is 0 Å². The van der Waals surface area contributed by atoms with E-state index < -0.39 is 5.41 Å². The smallest absolute Gasteiger partial charge is 0.305 e. The summed E-state index contributed by atoms with van der Waals surface area (Å²) in [6.45, 7) is 4.50. The third-order valence-corrected chi connectivity index (χ3v) is 8.23. The van der Waals surface area contributed by atoms with E-state index in [1.165, 1.54) is 77.0 Å². The van der Waals surface area contributed by atoms with Crippen molar-refractivity contribution in [2.45, 2.75) is 142 Å². The molecule has 42 heavy (non-hydrogen) atoms. The average molecular weight is 587 g/mol. The Bertz CT molecular complexity index is 837. The number of amides is 1. The average Bonchev–Trinajstić information content (AvgIpc) is 3.33. The van der Waals surface area contributed by atoms with Gasteiger partial charge in [0.1, 0.15) is 18.6 Å². The molecule has 0 aromatic heterocycles. The summed E-state index contributed by atoms with van der Waals surface area (Å²) < 4.78 is 11.3. The molecular weight excluding hydrogens is 528 g/mol. The molecule has 1 heterocycles.